The number of esters is 3. The van der Waals surface area contributed by atoms with Crippen LogP contribution in [0.4, 0.5) is 0 Å². The van der Waals surface area contributed by atoms with Gasteiger partial charge in [-0.1, -0.05) is 259 Å². The minimum absolute atomic E-state index is 0.105. The van der Waals surface area contributed by atoms with Gasteiger partial charge in [-0.2, -0.15) is 0 Å². The summed E-state index contributed by atoms with van der Waals surface area (Å²) in [6.07, 6.45) is 81.4. The summed E-state index contributed by atoms with van der Waals surface area (Å²) < 4.78 is 16.8. The van der Waals surface area contributed by atoms with Gasteiger partial charge in [-0.25, -0.2) is 0 Å². The van der Waals surface area contributed by atoms with Crippen molar-refractivity contribution in [2.24, 2.45) is 0 Å². The fraction of sp³-hybridized carbons (Fsp3) is 0.716. The molecule has 0 aromatic carbocycles. The summed E-state index contributed by atoms with van der Waals surface area (Å²) in [7, 11) is 0. The van der Waals surface area contributed by atoms with Crippen LogP contribution in [0.15, 0.2) is 97.2 Å². The molecule has 0 aliphatic carbocycles. The monoisotopic (exact) mass is 1010 g/mol. The van der Waals surface area contributed by atoms with Crippen molar-refractivity contribution in [3.05, 3.63) is 97.2 Å². The third-order valence-electron chi connectivity index (χ3n) is 13.1. The van der Waals surface area contributed by atoms with Crippen molar-refractivity contribution in [1.29, 1.82) is 0 Å². The highest BCUT2D eigenvalue weighted by atomic mass is 16.6. The molecule has 0 radical (unpaired) electrons. The standard InChI is InChI=1S/C67H114O6/c1-4-7-10-13-16-19-22-25-27-29-31-32-33-34-36-37-39-42-45-48-51-54-57-60-66(69)72-63-64(62-71-65(68)59-56-53-50-47-44-41-24-21-18-15-12-9-6-3)73-67(70)61-58-55-52-49-46-43-40-38-35-30-28-26-23-20-17-14-11-8-5-2/h9,12,17-18,20-21,26,28-29,31,35,38,41,44,50,53,64H,4-8,10-11,13-16,19,22-25,27,30,32-34,36-37,39-40,42-43,45-49,51-52,54-63H2,1-3H3/b12-9-,20-17-,21-18-,28-26-,31-29-,38-35-,44-41-,53-50-. The Bertz CT molecular complexity index is 1440. The zero-order chi connectivity index (χ0) is 52.9. The molecule has 1 unspecified atom stereocenters. The van der Waals surface area contributed by atoms with Crippen LogP contribution in [-0.2, 0) is 28.6 Å². The minimum atomic E-state index is -0.815. The number of carbonyl (C=O) groups excluding carboxylic acids is 3. The van der Waals surface area contributed by atoms with Gasteiger partial charge in [0.1, 0.15) is 13.2 Å². The maximum Gasteiger partial charge on any atom is 0.306 e. The van der Waals surface area contributed by atoms with Gasteiger partial charge in [0.15, 0.2) is 6.10 Å². The molecule has 0 heterocycles. The molecule has 0 saturated heterocycles. The number of ether oxygens (including phenoxy) is 3. The van der Waals surface area contributed by atoms with E-state index in [2.05, 4.69) is 112 Å². The van der Waals surface area contributed by atoms with Gasteiger partial charge in [0.2, 0.25) is 0 Å². The van der Waals surface area contributed by atoms with Crippen LogP contribution in [0.1, 0.15) is 290 Å². The highest BCUT2D eigenvalue weighted by Crippen LogP contribution is 2.15. The summed E-state index contributed by atoms with van der Waals surface area (Å²) in [4.78, 5) is 38.2. The Morgan fingerprint density at radius 1 is 0.288 bits per heavy atom. The molecule has 73 heavy (non-hydrogen) atoms. The summed E-state index contributed by atoms with van der Waals surface area (Å²) >= 11 is 0. The van der Waals surface area contributed by atoms with Gasteiger partial charge < -0.3 is 14.2 Å². The zero-order valence-electron chi connectivity index (χ0n) is 47.9. The van der Waals surface area contributed by atoms with Crippen LogP contribution in [0.3, 0.4) is 0 Å². The number of hydrogen-bond donors (Lipinski definition) is 0. The van der Waals surface area contributed by atoms with Crippen LogP contribution in [0.5, 0.6) is 0 Å². The lowest BCUT2D eigenvalue weighted by Crippen LogP contribution is -2.30. The van der Waals surface area contributed by atoms with Crippen molar-refractivity contribution in [3.63, 3.8) is 0 Å². The lowest BCUT2D eigenvalue weighted by molar-refractivity contribution is -0.166. The molecular weight excluding hydrogens is 901 g/mol. The Morgan fingerprint density at radius 3 is 0.959 bits per heavy atom. The summed E-state index contributed by atoms with van der Waals surface area (Å²) in [5, 5.41) is 0. The van der Waals surface area contributed by atoms with Gasteiger partial charge in [0.05, 0.1) is 0 Å². The Kier molecular flexibility index (Phi) is 57.8. The van der Waals surface area contributed by atoms with Crippen molar-refractivity contribution in [2.75, 3.05) is 13.2 Å². The van der Waals surface area contributed by atoms with Crippen LogP contribution < -0.4 is 0 Å². The largest absolute Gasteiger partial charge is 0.462 e. The fourth-order valence-electron chi connectivity index (χ4n) is 8.46. The molecule has 0 aromatic rings. The molecule has 0 saturated carbocycles. The first-order chi connectivity index (χ1) is 36.0. The molecule has 418 valence electrons. The van der Waals surface area contributed by atoms with Crippen LogP contribution in [0.2, 0.25) is 0 Å². The fourth-order valence-corrected chi connectivity index (χ4v) is 8.46. The molecule has 0 amide bonds. The number of carbonyl (C=O) groups is 3. The van der Waals surface area contributed by atoms with Gasteiger partial charge in [-0.3, -0.25) is 14.4 Å². The highest BCUT2D eigenvalue weighted by molar-refractivity contribution is 5.71. The second-order valence-corrected chi connectivity index (χ2v) is 20.2. The summed E-state index contributed by atoms with van der Waals surface area (Å²) in [6, 6.07) is 0. The second-order valence-electron chi connectivity index (χ2n) is 20.2. The number of hydrogen-bond acceptors (Lipinski definition) is 6. The maximum absolute atomic E-state index is 12.9. The molecule has 0 bridgehead atoms. The number of rotatable bonds is 55. The first-order valence-electron chi connectivity index (χ1n) is 30.7. The smallest absolute Gasteiger partial charge is 0.306 e. The lowest BCUT2D eigenvalue weighted by atomic mass is 10.0. The summed E-state index contributed by atoms with van der Waals surface area (Å²) in [5.74, 6) is -0.998. The normalized spacial score (nSPS) is 12.8. The molecule has 1 atom stereocenters. The molecular formula is C67H114O6. The Morgan fingerprint density at radius 2 is 0.562 bits per heavy atom. The molecule has 0 aromatic heterocycles. The molecule has 0 N–H and O–H groups in total. The molecule has 0 fully saturated rings. The zero-order valence-corrected chi connectivity index (χ0v) is 47.9. The van der Waals surface area contributed by atoms with Crippen molar-refractivity contribution < 1.29 is 28.6 Å². The van der Waals surface area contributed by atoms with Crippen molar-refractivity contribution in [1.82, 2.24) is 0 Å². The van der Waals surface area contributed by atoms with E-state index in [0.29, 0.717) is 19.3 Å². The van der Waals surface area contributed by atoms with E-state index < -0.39 is 6.10 Å². The van der Waals surface area contributed by atoms with E-state index in [-0.39, 0.29) is 37.5 Å². The van der Waals surface area contributed by atoms with Gasteiger partial charge in [-0.05, 0) is 109 Å². The van der Waals surface area contributed by atoms with Crippen molar-refractivity contribution in [2.45, 2.75) is 297 Å². The topological polar surface area (TPSA) is 78.9 Å². The average Bonchev–Trinajstić information content (AvgIpc) is 3.39. The van der Waals surface area contributed by atoms with Crippen LogP contribution in [-0.4, -0.2) is 37.2 Å². The van der Waals surface area contributed by atoms with Gasteiger partial charge >= 0.3 is 17.9 Å². The second kappa shape index (κ2) is 60.9. The molecule has 6 heteroatoms. The third-order valence-corrected chi connectivity index (χ3v) is 13.1. The highest BCUT2D eigenvalue weighted by Gasteiger charge is 2.19. The summed E-state index contributed by atoms with van der Waals surface area (Å²) in [5.41, 5.74) is 0. The van der Waals surface area contributed by atoms with Gasteiger partial charge in [0.25, 0.3) is 0 Å². The summed E-state index contributed by atoms with van der Waals surface area (Å²) in [6.45, 7) is 6.44. The van der Waals surface area contributed by atoms with Crippen LogP contribution in [0.25, 0.3) is 0 Å². The SMILES string of the molecule is CC/C=C\C/C=C\C/C=C\C/C=C\CCC(=O)OCC(COC(=O)CCCCCCCCCCCCC/C=C\CCCCCCCCCC)OC(=O)CCCCCCCC/C=C\C/C=C\C/C=C\CCCCC. The van der Waals surface area contributed by atoms with Gasteiger partial charge in [0, 0.05) is 19.3 Å². The lowest BCUT2D eigenvalue weighted by Gasteiger charge is -2.18. The first kappa shape index (κ1) is 69.3. The molecule has 6 nitrogen and oxygen atoms in total. The average molecular weight is 1020 g/mol. The molecule has 0 aliphatic heterocycles. The van der Waals surface area contributed by atoms with Crippen LogP contribution in [0, 0.1) is 0 Å². The molecule has 0 aliphatic rings. The molecule has 0 rings (SSSR count). The minimum Gasteiger partial charge on any atom is -0.462 e. The van der Waals surface area contributed by atoms with Crippen molar-refractivity contribution in [3.8, 4) is 0 Å². The van der Waals surface area contributed by atoms with E-state index in [1.54, 1.807) is 0 Å². The first-order valence-corrected chi connectivity index (χ1v) is 30.7. The predicted molar refractivity (Wildman–Crippen MR) is 316 cm³/mol. The van der Waals surface area contributed by atoms with E-state index >= 15 is 0 Å². The van der Waals surface area contributed by atoms with Gasteiger partial charge in [-0.15, -0.1) is 0 Å². The Hall–Kier alpha value is -3.67. The quantitative estimate of drug-likeness (QED) is 0.0261. The molecule has 0 spiro atoms. The van der Waals surface area contributed by atoms with Crippen molar-refractivity contribution >= 4 is 17.9 Å². The Labute approximate surface area is 451 Å². The van der Waals surface area contributed by atoms with Crippen LogP contribution >= 0.6 is 0 Å². The van der Waals surface area contributed by atoms with E-state index in [4.69, 9.17) is 14.2 Å². The Balaban J connectivity index is 4.39. The van der Waals surface area contributed by atoms with E-state index in [9.17, 15) is 14.4 Å². The van der Waals surface area contributed by atoms with E-state index in [1.165, 1.54) is 154 Å². The predicted octanol–water partition coefficient (Wildman–Crippen LogP) is 20.9. The maximum atomic E-state index is 12.9. The van der Waals surface area contributed by atoms with E-state index in [1.807, 2.05) is 6.08 Å². The number of unbranched alkanes of at least 4 members (excludes halogenated alkanes) is 28. The van der Waals surface area contributed by atoms with E-state index in [0.717, 1.165) is 89.9 Å². The number of allylic oxidation sites excluding steroid dienone is 16. The third kappa shape index (κ3) is 59.1.